The molecule has 0 saturated carbocycles. The Morgan fingerprint density at radius 3 is 1.55 bits per heavy atom. The third-order valence-corrected chi connectivity index (χ3v) is 3.91. The molecule has 0 aliphatic heterocycles. The van der Waals surface area contributed by atoms with Crippen molar-refractivity contribution in [2.75, 3.05) is 6.61 Å². The first-order valence-corrected chi connectivity index (χ1v) is 10.7. The van der Waals surface area contributed by atoms with Crippen molar-refractivity contribution >= 4 is 0 Å². The number of rotatable bonds is 4. The Bertz CT molecular complexity index is 816. The van der Waals surface area contributed by atoms with Gasteiger partial charge in [-0.2, -0.15) is 0 Å². The van der Waals surface area contributed by atoms with E-state index in [1.807, 2.05) is 19.1 Å². The summed E-state index contributed by atoms with van der Waals surface area (Å²) in [5.74, 6) is 1.53. The summed E-state index contributed by atoms with van der Waals surface area (Å²) in [4.78, 5) is 0. The van der Waals surface area contributed by atoms with Gasteiger partial charge in [0.2, 0.25) is 0 Å². The van der Waals surface area contributed by atoms with Crippen LogP contribution < -0.4 is 0 Å². The Morgan fingerprint density at radius 2 is 1.14 bits per heavy atom. The standard InChI is InChI=1S/C17H20O.C7H8.8CO.3Fe/c1-3-18-17(15-10-6-4-5-7-11-15)16-12-8-9-14(2)13-16;1-2-4-6-7-5-3-1;8*1-2;;;/h4-10,12-13,15H,3,11H2,1-2H3;1-6H,7H2;;;;;;;;;;;/q;;;;;;;;;;;;+2. The molecule has 3 rings (SSSR count). The minimum absolute atomic E-state index is 0. The molecule has 44 heavy (non-hydrogen) atoms. The molecular weight excluding hydrogens is 696 g/mol. The first-order valence-electron chi connectivity index (χ1n) is 10.7. The van der Waals surface area contributed by atoms with Crippen molar-refractivity contribution in [3.63, 3.8) is 0 Å². The van der Waals surface area contributed by atoms with Crippen LogP contribution in [0.25, 0.3) is 0 Å². The number of hydrogen-bond donors (Lipinski definition) is 0. The molecule has 0 amide bonds. The van der Waals surface area contributed by atoms with Crippen LogP contribution >= 0.6 is 0 Å². The van der Waals surface area contributed by atoms with Gasteiger partial charge in [0.05, 0.1) is 0 Å². The fraction of sp³-hybridized carbons (Fsp3) is 0.188. The van der Waals surface area contributed by atoms with Crippen LogP contribution in [0.5, 0.6) is 0 Å². The summed E-state index contributed by atoms with van der Waals surface area (Å²) in [6.45, 7) is 40.9. The van der Waals surface area contributed by atoms with E-state index in [0.717, 1.165) is 18.9 Å². The molecule has 9 nitrogen and oxygen atoms in total. The first kappa shape index (κ1) is 68.9. The molecule has 0 saturated heterocycles. The molecule has 3 aliphatic carbocycles. The third-order valence-electron chi connectivity index (χ3n) is 3.91. The maximum absolute atomic E-state index is 7.50. The van der Waals surface area contributed by atoms with E-state index in [1.54, 1.807) is 0 Å². The van der Waals surface area contributed by atoms with Crippen molar-refractivity contribution in [2.45, 2.75) is 26.7 Å². The predicted molar refractivity (Wildman–Crippen MR) is 139 cm³/mol. The average Bonchev–Trinajstić information content (AvgIpc) is 3.57. The maximum atomic E-state index is 7.50. The molecule has 0 spiro atoms. The SMILES string of the molecule is C1=CC=CCC=C1.CCO[C]([C]1[CH]C=CC(C)=C1)C1[CH][CH][CH]C=CC1.[C-]#[O+].[C-]#[O+].[C-]#[O+].[C-]#[O+].[C-]#[O+].[C-]#[O+].[C-]#[O+].[C-]#[O+].[Fe+2].[Fe].[Fe]. The zero-order valence-corrected chi connectivity index (χ0v) is 26.9. The zero-order valence-electron chi connectivity index (χ0n) is 23.6. The van der Waals surface area contributed by atoms with Gasteiger partial charge in [0, 0.05) is 46.7 Å². The molecule has 0 aromatic heterocycles. The Morgan fingerprint density at radius 1 is 0.682 bits per heavy atom. The summed E-state index contributed by atoms with van der Waals surface area (Å²) < 4.78 is 65.9. The van der Waals surface area contributed by atoms with Crippen LogP contribution in [-0.4, -0.2) is 6.61 Å². The Labute approximate surface area is 294 Å². The van der Waals surface area contributed by atoms with E-state index in [2.05, 4.69) is 140 Å². The Kier molecular flexibility index (Phi) is 122. The Hall–Kier alpha value is -2.12. The van der Waals surface area contributed by atoms with Crippen LogP contribution in [0.15, 0.2) is 72.4 Å². The summed E-state index contributed by atoms with van der Waals surface area (Å²) in [6.07, 6.45) is 34.8. The summed E-state index contributed by atoms with van der Waals surface area (Å²) in [5.41, 5.74) is 1.27. The third kappa shape index (κ3) is 49.5. The topological polar surface area (TPSA) is 168 Å². The number of ether oxygens (including phenoxy) is 1. The van der Waals surface area contributed by atoms with Crippen LogP contribution in [0.2, 0.25) is 0 Å². The quantitative estimate of drug-likeness (QED) is 0.200. The van der Waals surface area contributed by atoms with Crippen molar-refractivity contribution in [1.82, 2.24) is 0 Å². The molecule has 0 fully saturated rings. The van der Waals surface area contributed by atoms with Crippen LogP contribution in [-0.2, 0) is 93.2 Å². The van der Waals surface area contributed by atoms with Crippen LogP contribution in [0.3, 0.4) is 0 Å². The fourth-order valence-electron chi connectivity index (χ4n) is 2.72. The predicted octanol–water partition coefficient (Wildman–Crippen LogP) is 5.79. The van der Waals surface area contributed by atoms with Gasteiger partial charge in [0.25, 0.3) is 0 Å². The van der Waals surface area contributed by atoms with E-state index >= 15 is 0 Å². The summed E-state index contributed by atoms with van der Waals surface area (Å²) >= 11 is 0. The second-order valence-corrected chi connectivity index (χ2v) is 5.99. The van der Waals surface area contributed by atoms with Gasteiger partial charge in [-0.25, -0.2) is 0 Å². The smallest absolute Gasteiger partial charge is 0 e. The van der Waals surface area contributed by atoms with Gasteiger partial charge in [-0.3, -0.25) is 0 Å². The van der Waals surface area contributed by atoms with Gasteiger partial charge in [-0.05, 0) is 58.3 Å². The second-order valence-electron chi connectivity index (χ2n) is 5.99. The van der Waals surface area contributed by atoms with E-state index in [1.165, 1.54) is 11.5 Å². The molecular formula is C32H28Fe3O9+2. The molecule has 0 aromatic rings. The molecule has 6 radical (unpaired) electrons. The molecule has 1 unspecified atom stereocenters. The van der Waals surface area contributed by atoms with Crippen molar-refractivity contribution < 1.29 is 93.2 Å². The molecule has 1 atom stereocenters. The number of allylic oxidation sites excluding steroid dienone is 11. The van der Waals surface area contributed by atoms with Gasteiger partial charge < -0.3 is 4.74 Å². The molecule has 3 aliphatic rings. The summed E-state index contributed by atoms with van der Waals surface area (Å²) in [6, 6.07) is 0. The van der Waals surface area contributed by atoms with Gasteiger partial charge in [-0.1, -0.05) is 72.4 Å². The van der Waals surface area contributed by atoms with Gasteiger partial charge in [0.1, 0.15) is 6.10 Å². The molecule has 0 heterocycles. The van der Waals surface area contributed by atoms with Crippen molar-refractivity contribution in [3.05, 3.63) is 163 Å². The summed E-state index contributed by atoms with van der Waals surface area (Å²) in [5, 5.41) is 0. The molecule has 232 valence electrons. The minimum Gasteiger partial charge on any atom is 0 e. The van der Waals surface area contributed by atoms with Crippen LogP contribution in [0.4, 0.5) is 0 Å². The van der Waals surface area contributed by atoms with Crippen LogP contribution in [0, 0.1) is 96.8 Å². The van der Waals surface area contributed by atoms with Gasteiger partial charge in [-0.15, -0.1) is 0 Å². The van der Waals surface area contributed by atoms with Crippen molar-refractivity contribution in [3.8, 4) is 0 Å². The second kappa shape index (κ2) is 78.0. The minimum atomic E-state index is 0. The first-order chi connectivity index (χ1) is 20.3. The van der Waals surface area contributed by atoms with Gasteiger partial charge >= 0.3 is 107 Å². The largest absolute Gasteiger partial charge is 2.00 e. The fourth-order valence-corrected chi connectivity index (χ4v) is 2.72. The molecule has 0 bridgehead atoms. The normalized spacial score (nSPS) is 13.4. The number of hydrogen-bond acceptors (Lipinski definition) is 1. The molecule has 0 aromatic carbocycles. The average molecular weight is 724 g/mol. The maximum Gasteiger partial charge on any atom is 2.00 e. The monoisotopic (exact) mass is 724 g/mol. The van der Waals surface area contributed by atoms with Crippen molar-refractivity contribution in [2.24, 2.45) is 5.92 Å². The van der Waals surface area contributed by atoms with E-state index in [9.17, 15) is 0 Å². The van der Waals surface area contributed by atoms with E-state index in [4.69, 9.17) is 42.0 Å². The van der Waals surface area contributed by atoms with Gasteiger partial charge in [0.15, 0.2) is 0 Å². The Balaban J connectivity index is -0.0000000472. The molecule has 0 N–H and O–H groups in total. The summed E-state index contributed by atoms with van der Waals surface area (Å²) in [7, 11) is 0. The van der Waals surface area contributed by atoms with E-state index in [0.29, 0.717) is 12.5 Å². The molecule has 12 heteroatoms. The van der Waals surface area contributed by atoms with E-state index in [-0.39, 0.29) is 51.2 Å². The van der Waals surface area contributed by atoms with Crippen LogP contribution in [0.1, 0.15) is 26.7 Å². The zero-order chi connectivity index (χ0) is 33.7. The van der Waals surface area contributed by atoms with E-state index < -0.39 is 0 Å². The van der Waals surface area contributed by atoms with Crippen molar-refractivity contribution in [1.29, 1.82) is 0 Å².